The number of nitrogens with one attached hydrogen (secondary N) is 1. The molecule has 4 bridgehead atoms. The minimum Gasteiger partial charge on any atom is -0.487 e. The lowest BCUT2D eigenvalue weighted by Crippen LogP contribution is -2.47. The molecule has 0 radical (unpaired) electrons. The van der Waals surface area contributed by atoms with Crippen molar-refractivity contribution in [3.8, 4) is 5.75 Å². The first-order valence-electron chi connectivity index (χ1n) is 11.6. The molecule has 4 aliphatic rings. The number of rotatable bonds is 0. The van der Waals surface area contributed by atoms with E-state index in [-0.39, 0.29) is 29.5 Å². The molecule has 1 aromatic rings. The lowest BCUT2D eigenvalue weighted by Gasteiger charge is -2.38. The van der Waals surface area contributed by atoms with Gasteiger partial charge in [-0.2, -0.15) is 0 Å². The molecular weight excluding hydrogens is 392 g/mol. The lowest BCUT2D eigenvalue weighted by molar-refractivity contribution is -0.128. The number of amides is 2. The summed E-state index contributed by atoms with van der Waals surface area (Å²) in [5, 5.41) is 3.23. The predicted octanol–water partition coefficient (Wildman–Crippen LogP) is 3.22. The number of hydrogen-bond acceptors (Lipinski definition) is 5. The average Bonchev–Trinajstić information content (AvgIpc) is 2.69. The maximum absolute atomic E-state index is 12.7. The molecule has 0 saturated heterocycles. The van der Waals surface area contributed by atoms with Crippen molar-refractivity contribution in [3.63, 3.8) is 0 Å². The number of guanidine groups is 1. The Morgan fingerprint density at radius 1 is 1.16 bits per heavy atom. The summed E-state index contributed by atoms with van der Waals surface area (Å²) in [4.78, 5) is 31.3. The second-order valence-corrected chi connectivity index (χ2v) is 9.65. The second kappa shape index (κ2) is 8.89. The molecule has 2 unspecified atom stereocenters. The minimum absolute atomic E-state index is 0.0167. The molecule has 0 saturated carbocycles. The number of fused-ring (bicyclic) bond motifs is 9. The van der Waals surface area contributed by atoms with Crippen molar-refractivity contribution in [2.45, 2.75) is 89.3 Å². The summed E-state index contributed by atoms with van der Waals surface area (Å²) in [7, 11) is 0. The van der Waals surface area contributed by atoms with Crippen molar-refractivity contribution in [1.82, 2.24) is 10.2 Å². The van der Waals surface area contributed by atoms with Crippen LogP contribution in [-0.2, 0) is 16.0 Å². The summed E-state index contributed by atoms with van der Waals surface area (Å²) in [6, 6.07) is 6.29. The van der Waals surface area contributed by atoms with E-state index in [9.17, 15) is 9.59 Å². The van der Waals surface area contributed by atoms with Gasteiger partial charge in [0.2, 0.25) is 11.8 Å². The third kappa shape index (κ3) is 5.20. The van der Waals surface area contributed by atoms with E-state index in [4.69, 9.17) is 10.5 Å². The smallest absolute Gasteiger partial charge is 0.231 e. The monoisotopic (exact) mass is 426 g/mol. The van der Waals surface area contributed by atoms with Crippen LogP contribution in [0.4, 0.5) is 0 Å². The van der Waals surface area contributed by atoms with E-state index in [2.05, 4.69) is 36.3 Å². The number of nitrogens with zero attached hydrogens (tertiary/aromatic N) is 2. The Hall–Kier alpha value is -2.57. The molecule has 3 N–H and O–H groups in total. The summed E-state index contributed by atoms with van der Waals surface area (Å²) in [5.74, 6) is 1.28. The fraction of sp³-hybridized carbons (Fsp3) is 0.625. The van der Waals surface area contributed by atoms with E-state index >= 15 is 0 Å². The van der Waals surface area contributed by atoms with Crippen LogP contribution < -0.4 is 15.8 Å². The molecule has 0 spiro atoms. The van der Waals surface area contributed by atoms with E-state index in [1.54, 1.807) is 4.90 Å². The van der Waals surface area contributed by atoms with E-state index in [1.807, 2.05) is 6.07 Å². The van der Waals surface area contributed by atoms with Gasteiger partial charge in [0.1, 0.15) is 11.4 Å². The Balaban J connectivity index is 1.54. The number of aliphatic imine (C=N–C) groups is 1. The highest BCUT2D eigenvalue weighted by Gasteiger charge is 2.34. The van der Waals surface area contributed by atoms with Gasteiger partial charge >= 0.3 is 0 Å². The van der Waals surface area contributed by atoms with Gasteiger partial charge in [0.25, 0.3) is 0 Å². The molecule has 0 aromatic heterocycles. The van der Waals surface area contributed by atoms with Gasteiger partial charge in [0.15, 0.2) is 5.96 Å². The Bertz CT molecular complexity index is 880. The topological polar surface area (TPSA) is 97.0 Å². The van der Waals surface area contributed by atoms with Gasteiger partial charge in [-0.3, -0.25) is 14.5 Å². The van der Waals surface area contributed by atoms with Crippen molar-refractivity contribution in [2.24, 2.45) is 10.7 Å². The first-order valence-corrected chi connectivity index (χ1v) is 11.6. The van der Waals surface area contributed by atoms with Crippen LogP contribution in [0.1, 0.15) is 82.4 Å². The van der Waals surface area contributed by atoms with Crippen LogP contribution in [0.5, 0.6) is 5.75 Å². The van der Waals surface area contributed by atoms with Gasteiger partial charge in [-0.05, 0) is 57.6 Å². The van der Waals surface area contributed by atoms with E-state index in [0.29, 0.717) is 31.8 Å². The molecule has 168 valence electrons. The van der Waals surface area contributed by atoms with Crippen LogP contribution in [0.3, 0.4) is 0 Å². The fourth-order valence-corrected chi connectivity index (χ4v) is 4.87. The van der Waals surface area contributed by atoms with Crippen LogP contribution in [-0.4, -0.2) is 40.9 Å². The normalized spacial score (nSPS) is 26.9. The highest BCUT2D eigenvalue weighted by Crippen LogP contribution is 2.40. The maximum Gasteiger partial charge on any atom is 0.231 e. The number of ether oxygens (including phenoxy) is 1. The van der Waals surface area contributed by atoms with Crippen molar-refractivity contribution < 1.29 is 14.3 Å². The molecule has 7 nitrogen and oxygen atoms in total. The standard InChI is InChI=1S/C24H34N4O3/c1-24(2)15-19-18-13-16(10-11-20(18)31-24)7-3-4-8-17-14-22(30)28(23(25)26-17)12-6-5-9-21(29)27-19/h10-11,13,17,19H,3-9,12,14-15H2,1-2H3,(H2,25,26)(H,27,29). The van der Waals surface area contributed by atoms with Crippen LogP contribution in [0.25, 0.3) is 0 Å². The third-order valence-corrected chi connectivity index (χ3v) is 6.46. The zero-order valence-electron chi connectivity index (χ0n) is 18.7. The molecular formula is C24H34N4O3. The molecule has 31 heavy (non-hydrogen) atoms. The number of hydrogen-bond donors (Lipinski definition) is 2. The van der Waals surface area contributed by atoms with E-state index < -0.39 is 0 Å². The molecule has 0 aliphatic carbocycles. The van der Waals surface area contributed by atoms with Crippen LogP contribution in [0.2, 0.25) is 0 Å². The van der Waals surface area contributed by atoms with E-state index in [0.717, 1.165) is 49.8 Å². The van der Waals surface area contributed by atoms with Crippen LogP contribution >= 0.6 is 0 Å². The SMILES string of the molecule is CC1(C)CC2NC(=O)CCCCN3C(=O)CC(CCCCc4ccc(c2c4)O1)N=C3N. The molecule has 2 amide bonds. The van der Waals surface area contributed by atoms with Crippen molar-refractivity contribution in [3.05, 3.63) is 29.3 Å². The first kappa shape index (κ1) is 21.7. The maximum atomic E-state index is 12.7. The number of carbonyl (C=O) groups excluding carboxylic acids is 2. The quantitative estimate of drug-likeness (QED) is 0.666. The van der Waals surface area contributed by atoms with Crippen molar-refractivity contribution in [1.29, 1.82) is 0 Å². The molecule has 4 heterocycles. The lowest BCUT2D eigenvalue weighted by atomic mass is 9.88. The highest BCUT2D eigenvalue weighted by molar-refractivity contribution is 5.98. The molecule has 7 heteroatoms. The number of aryl methyl sites for hydroxylation is 1. The largest absolute Gasteiger partial charge is 0.487 e. The predicted molar refractivity (Wildman–Crippen MR) is 120 cm³/mol. The summed E-state index contributed by atoms with van der Waals surface area (Å²) in [5.41, 5.74) is 8.08. The Labute approximate surface area is 184 Å². The molecule has 4 aliphatic heterocycles. The molecule has 2 atom stereocenters. The summed E-state index contributed by atoms with van der Waals surface area (Å²) in [6.07, 6.45) is 6.85. The molecule has 5 rings (SSSR count). The van der Waals surface area contributed by atoms with Gasteiger partial charge in [0.05, 0.1) is 12.1 Å². The van der Waals surface area contributed by atoms with Crippen molar-refractivity contribution in [2.75, 3.05) is 6.54 Å². The molecule has 0 fully saturated rings. The van der Waals surface area contributed by atoms with Gasteiger partial charge in [-0.1, -0.05) is 18.6 Å². The zero-order chi connectivity index (χ0) is 22.0. The van der Waals surface area contributed by atoms with Gasteiger partial charge in [-0.25, -0.2) is 4.99 Å². The van der Waals surface area contributed by atoms with Crippen LogP contribution in [0.15, 0.2) is 23.2 Å². The highest BCUT2D eigenvalue weighted by atomic mass is 16.5. The fourth-order valence-electron chi connectivity index (χ4n) is 4.87. The van der Waals surface area contributed by atoms with Crippen molar-refractivity contribution >= 4 is 17.8 Å². The average molecular weight is 427 g/mol. The van der Waals surface area contributed by atoms with E-state index in [1.165, 1.54) is 5.56 Å². The Morgan fingerprint density at radius 2 is 1.97 bits per heavy atom. The Kier molecular flexibility index (Phi) is 6.21. The van der Waals surface area contributed by atoms with Crippen LogP contribution in [0, 0.1) is 0 Å². The number of nitrogens with two attached hydrogens (primary N) is 1. The Morgan fingerprint density at radius 3 is 2.77 bits per heavy atom. The number of carbonyl (C=O) groups is 2. The van der Waals surface area contributed by atoms with Gasteiger partial charge < -0.3 is 15.8 Å². The number of benzene rings is 1. The summed E-state index contributed by atoms with van der Waals surface area (Å²) in [6.45, 7) is 4.65. The third-order valence-electron chi connectivity index (χ3n) is 6.46. The summed E-state index contributed by atoms with van der Waals surface area (Å²) < 4.78 is 6.19. The first-order chi connectivity index (χ1) is 14.8. The van der Waals surface area contributed by atoms with Gasteiger partial charge in [0, 0.05) is 31.4 Å². The van der Waals surface area contributed by atoms with Gasteiger partial charge in [-0.15, -0.1) is 0 Å². The summed E-state index contributed by atoms with van der Waals surface area (Å²) >= 11 is 0. The minimum atomic E-state index is -0.326. The zero-order valence-corrected chi connectivity index (χ0v) is 18.7. The molecule has 1 aromatic carbocycles. The second-order valence-electron chi connectivity index (χ2n) is 9.65.